The van der Waals surface area contributed by atoms with Gasteiger partial charge in [-0.2, -0.15) is 0 Å². The van der Waals surface area contributed by atoms with E-state index in [0.717, 1.165) is 10.8 Å². The van der Waals surface area contributed by atoms with Gasteiger partial charge in [-0.3, -0.25) is 0 Å². The summed E-state index contributed by atoms with van der Waals surface area (Å²) in [7, 11) is 3.28. The highest BCUT2D eigenvalue weighted by molar-refractivity contribution is 7.17. The molecule has 2 aromatic rings. The van der Waals surface area contributed by atoms with Crippen LogP contribution in [0.4, 0.5) is 10.8 Å². The molecular weight excluding hydrogens is 236 g/mol. The molecule has 0 aliphatic carbocycles. The van der Waals surface area contributed by atoms with Gasteiger partial charge in [-0.05, 0) is 12.1 Å². The number of nitrogens with zero attached hydrogens (tertiary/aromatic N) is 2. The zero-order valence-electron chi connectivity index (χ0n) is 9.58. The summed E-state index contributed by atoms with van der Waals surface area (Å²) in [5.41, 5.74) is 1.03. The highest BCUT2D eigenvalue weighted by Gasteiger charge is 2.13. The first kappa shape index (κ1) is 11.6. The van der Waals surface area contributed by atoms with Crippen molar-refractivity contribution in [2.75, 3.05) is 19.1 Å². The maximum atomic E-state index is 11.3. The number of rotatable bonds is 3. The van der Waals surface area contributed by atoms with Gasteiger partial charge in [0.05, 0.1) is 13.3 Å². The highest BCUT2D eigenvalue weighted by atomic mass is 32.1. The van der Waals surface area contributed by atoms with Crippen molar-refractivity contribution in [3.8, 4) is 0 Å². The van der Waals surface area contributed by atoms with Crippen LogP contribution in [-0.2, 0) is 4.74 Å². The van der Waals surface area contributed by atoms with E-state index < -0.39 is 0 Å². The molecule has 0 atom stereocenters. The molecule has 5 heteroatoms. The summed E-state index contributed by atoms with van der Waals surface area (Å²) < 4.78 is 4.65. The van der Waals surface area contributed by atoms with Gasteiger partial charge in [0.1, 0.15) is 4.88 Å². The average Bonchev–Trinajstić information content (AvgIpc) is 2.87. The molecule has 1 heterocycles. The number of ether oxygens (including phenoxy) is 1. The molecule has 2 rings (SSSR count). The van der Waals surface area contributed by atoms with Gasteiger partial charge in [0, 0.05) is 12.7 Å². The summed E-state index contributed by atoms with van der Waals surface area (Å²) in [6.07, 6.45) is 1.53. The van der Waals surface area contributed by atoms with Gasteiger partial charge in [0.25, 0.3) is 0 Å². The number of hydrogen-bond acceptors (Lipinski definition) is 5. The first-order valence-corrected chi connectivity index (χ1v) is 5.87. The molecule has 88 valence electrons. The topological polar surface area (TPSA) is 42.4 Å². The third-order valence-corrected chi connectivity index (χ3v) is 3.36. The minimum absolute atomic E-state index is 0.352. The Morgan fingerprint density at radius 3 is 2.71 bits per heavy atom. The second kappa shape index (κ2) is 4.97. The number of esters is 1. The number of aromatic nitrogens is 1. The maximum Gasteiger partial charge on any atom is 0.349 e. The Morgan fingerprint density at radius 2 is 2.06 bits per heavy atom. The van der Waals surface area contributed by atoms with Gasteiger partial charge in [-0.1, -0.05) is 29.5 Å². The van der Waals surface area contributed by atoms with Crippen LogP contribution in [0.2, 0.25) is 0 Å². The molecule has 0 aliphatic rings. The summed E-state index contributed by atoms with van der Waals surface area (Å²) in [5.74, 6) is -0.352. The first-order chi connectivity index (χ1) is 8.22. The number of benzene rings is 1. The van der Waals surface area contributed by atoms with Crippen LogP contribution in [0.1, 0.15) is 9.67 Å². The molecule has 1 aromatic carbocycles. The zero-order chi connectivity index (χ0) is 12.3. The van der Waals surface area contributed by atoms with E-state index in [1.54, 1.807) is 0 Å². The number of hydrogen-bond donors (Lipinski definition) is 0. The summed E-state index contributed by atoms with van der Waals surface area (Å²) in [5, 5.41) is 0.761. The Bertz CT molecular complexity index is 510. The third kappa shape index (κ3) is 2.45. The van der Waals surface area contributed by atoms with Crippen LogP contribution in [0.15, 0.2) is 36.5 Å². The Kier molecular flexibility index (Phi) is 3.39. The van der Waals surface area contributed by atoms with Crippen LogP contribution in [-0.4, -0.2) is 25.1 Å². The van der Waals surface area contributed by atoms with Crippen LogP contribution in [0, 0.1) is 0 Å². The van der Waals surface area contributed by atoms with E-state index in [-0.39, 0.29) is 5.97 Å². The second-order valence-corrected chi connectivity index (χ2v) is 4.40. The Morgan fingerprint density at radius 1 is 1.35 bits per heavy atom. The van der Waals surface area contributed by atoms with Gasteiger partial charge < -0.3 is 9.64 Å². The minimum Gasteiger partial charge on any atom is -0.465 e. The van der Waals surface area contributed by atoms with Gasteiger partial charge in [0.2, 0.25) is 0 Å². The van der Waals surface area contributed by atoms with Crippen molar-refractivity contribution >= 4 is 28.1 Å². The number of thiazole rings is 1. The summed E-state index contributed by atoms with van der Waals surface area (Å²) in [4.78, 5) is 18.0. The quantitative estimate of drug-likeness (QED) is 0.783. The molecule has 0 fully saturated rings. The van der Waals surface area contributed by atoms with Crippen molar-refractivity contribution in [3.63, 3.8) is 0 Å². The van der Waals surface area contributed by atoms with Crippen LogP contribution < -0.4 is 4.90 Å². The van der Waals surface area contributed by atoms with Crippen LogP contribution in [0.3, 0.4) is 0 Å². The SMILES string of the molecule is COC(=O)c1cnc(N(C)c2ccccc2)s1. The van der Waals surface area contributed by atoms with Crippen molar-refractivity contribution in [2.45, 2.75) is 0 Å². The monoisotopic (exact) mass is 248 g/mol. The molecule has 0 saturated carbocycles. The van der Waals surface area contributed by atoms with Gasteiger partial charge in [0.15, 0.2) is 5.13 Å². The molecule has 4 nitrogen and oxygen atoms in total. The highest BCUT2D eigenvalue weighted by Crippen LogP contribution is 2.27. The van der Waals surface area contributed by atoms with Crippen LogP contribution >= 0.6 is 11.3 Å². The van der Waals surface area contributed by atoms with E-state index in [4.69, 9.17) is 0 Å². The fraction of sp³-hybridized carbons (Fsp3) is 0.167. The molecule has 0 radical (unpaired) electrons. The molecule has 0 spiro atoms. The fourth-order valence-corrected chi connectivity index (χ4v) is 2.19. The van der Waals surface area contributed by atoms with E-state index in [1.807, 2.05) is 42.3 Å². The van der Waals surface area contributed by atoms with Crippen molar-refractivity contribution in [1.82, 2.24) is 4.98 Å². The standard InChI is InChI=1S/C12H12N2O2S/c1-14(9-6-4-3-5-7-9)12-13-8-10(17-12)11(15)16-2/h3-8H,1-2H3. The van der Waals surface area contributed by atoms with Crippen molar-refractivity contribution < 1.29 is 9.53 Å². The lowest BCUT2D eigenvalue weighted by Gasteiger charge is -2.15. The largest absolute Gasteiger partial charge is 0.465 e. The predicted octanol–water partition coefficient (Wildman–Crippen LogP) is 2.70. The lowest BCUT2D eigenvalue weighted by atomic mass is 10.3. The molecule has 0 saturated heterocycles. The second-order valence-electron chi connectivity index (χ2n) is 3.39. The van der Waals surface area contributed by atoms with Gasteiger partial charge >= 0.3 is 5.97 Å². The lowest BCUT2D eigenvalue weighted by molar-refractivity contribution is 0.0606. The molecule has 0 amide bonds. The summed E-state index contributed by atoms with van der Waals surface area (Å²) >= 11 is 1.31. The van der Waals surface area contributed by atoms with Crippen molar-refractivity contribution in [1.29, 1.82) is 0 Å². The fourth-order valence-electron chi connectivity index (χ4n) is 1.38. The number of anilines is 2. The zero-order valence-corrected chi connectivity index (χ0v) is 10.4. The third-order valence-electron chi connectivity index (χ3n) is 2.31. The lowest BCUT2D eigenvalue weighted by Crippen LogP contribution is -2.08. The Labute approximate surface area is 103 Å². The van der Waals surface area contributed by atoms with Crippen LogP contribution in [0.25, 0.3) is 0 Å². The normalized spacial score (nSPS) is 10.0. The Hall–Kier alpha value is -1.88. The van der Waals surface area contributed by atoms with Crippen molar-refractivity contribution in [3.05, 3.63) is 41.4 Å². The summed E-state index contributed by atoms with van der Waals surface area (Å²) in [6.45, 7) is 0. The van der Waals surface area contributed by atoms with Gasteiger partial charge in [-0.15, -0.1) is 0 Å². The molecule has 17 heavy (non-hydrogen) atoms. The average molecular weight is 248 g/mol. The molecular formula is C12H12N2O2S. The number of para-hydroxylation sites is 1. The molecule has 0 aliphatic heterocycles. The van der Waals surface area contributed by atoms with E-state index in [9.17, 15) is 4.79 Å². The number of carbonyl (C=O) groups excluding carboxylic acids is 1. The molecule has 0 N–H and O–H groups in total. The minimum atomic E-state index is -0.352. The van der Waals surface area contributed by atoms with Crippen molar-refractivity contribution in [2.24, 2.45) is 0 Å². The summed E-state index contributed by atoms with van der Waals surface area (Å²) in [6, 6.07) is 9.85. The maximum absolute atomic E-state index is 11.3. The van der Waals surface area contributed by atoms with E-state index >= 15 is 0 Å². The van der Waals surface area contributed by atoms with E-state index in [0.29, 0.717) is 4.88 Å². The molecule has 1 aromatic heterocycles. The number of methoxy groups -OCH3 is 1. The smallest absolute Gasteiger partial charge is 0.349 e. The van der Waals surface area contributed by atoms with E-state index in [2.05, 4.69) is 9.72 Å². The predicted molar refractivity (Wildman–Crippen MR) is 68.0 cm³/mol. The van der Waals surface area contributed by atoms with Gasteiger partial charge in [-0.25, -0.2) is 9.78 Å². The molecule has 0 bridgehead atoms. The molecule has 0 unspecified atom stereocenters. The Balaban J connectivity index is 2.23. The van der Waals surface area contributed by atoms with E-state index in [1.165, 1.54) is 24.6 Å². The number of carbonyl (C=O) groups is 1. The first-order valence-electron chi connectivity index (χ1n) is 5.05. The van der Waals surface area contributed by atoms with Crippen LogP contribution in [0.5, 0.6) is 0 Å².